The van der Waals surface area contributed by atoms with Crippen molar-refractivity contribution in [3.8, 4) is 0 Å². The van der Waals surface area contributed by atoms with Crippen molar-refractivity contribution in [2.75, 3.05) is 6.61 Å². The molecule has 0 aromatic rings. The molecule has 2 N–H and O–H groups in total. The van der Waals surface area contributed by atoms with Crippen LogP contribution in [0.4, 0.5) is 0 Å². The van der Waals surface area contributed by atoms with Crippen LogP contribution in [0.15, 0.2) is 0 Å². The van der Waals surface area contributed by atoms with Crippen LogP contribution in [0.25, 0.3) is 0 Å². The van der Waals surface area contributed by atoms with Crippen molar-refractivity contribution in [3.05, 3.63) is 0 Å². The predicted octanol–water partition coefficient (Wildman–Crippen LogP) is 1.26. The summed E-state index contributed by atoms with van der Waals surface area (Å²) in [6, 6.07) is 0. The van der Waals surface area contributed by atoms with Crippen LogP contribution in [0.1, 0.15) is 32.6 Å². The Morgan fingerprint density at radius 3 is 2.58 bits per heavy atom. The third kappa shape index (κ3) is 1.46. The molecule has 1 aliphatic carbocycles. The Bertz CT molecular complexity index is 179. The lowest BCUT2D eigenvalue weighted by Crippen LogP contribution is -2.32. The molecule has 0 aromatic carbocycles. The summed E-state index contributed by atoms with van der Waals surface area (Å²) in [6.07, 6.45) is 3.26. The van der Waals surface area contributed by atoms with Gasteiger partial charge >= 0.3 is 5.97 Å². The highest BCUT2D eigenvalue weighted by Gasteiger charge is 2.44. The van der Waals surface area contributed by atoms with Crippen molar-refractivity contribution in [1.82, 2.24) is 0 Å². The Morgan fingerprint density at radius 1 is 1.67 bits per heavy atom. The third-order valence-electron chi connectivity index (χ3n) is 3.04. The van der Waals surface area contributed by atoms with E-state index in [0.29, 0.717) is 18.8 Å². The van der Waals surface area contributed by atoms with E-state index in [1.807, 2.05) is 0 Å². The van der Waals surface area contributed by atoms with E-state index in [9.17, 15) is 4.79 Å². The van der Waals surface area contributed by atoms with Crippen LogP contribution in [-0.4, -0.2) is 22.8 Å². The standard InChI is InChI=1S/C9H16O3/c1-2-7-3-4-9(5-7,6-10)8(11)12/h7,10H,2-6H2,1H3,(H,11,12). The van der Waals surface area contributed by atoms with Gasteiger partial charge in [-0.25, -0.2) is 0 Å². The fourth-order valence-electron chi connectivity index (χ4n) is 1.99. The van der Waals surface area contributed by atoms with Crippen LogP contribution >= 0.6 is 0 Å². The van der Waals surface area contributed by atoms with Crippen LogP contribution < -0.4 is 0 Å². The second-order valence-corrected chi connectivity index (χ2v) is 3.76. The van der Waals surface area contributed by atoms with Crippen molar-refractivity contribution in [2.45, 2.75) is 32.6 Å². The lowest BCUT2D eigenvalue weighted by Gasteiger charge is -2.20. The zero-order valence-corrected chi connectivity index (χ0v) is 7.42. The molecule has 0 spiro atoms. The minimum Gasteiger partial charge on any atom is -0.481 e. The number of hydrogen-bond acceptors (Lipinski definition) is 2. The van der Waals surface area contributed by atoms with E-state index < -0.39 is 11.4 Å². The van der Waals surface area contributed by atoms with Crippen molar-refractivity contribution in [2.24, 2.45) is 11.3 Å². The van der Waals surface area contributed by atoms with Gasteiger partial charge in [-0.15, -0.1) is 0 Å². The van der Waals surface area contributed by atoms with Gasteiger partial charge in [0.2, 0.25) is 0 Å². The fourth-order valence-corrected chi connectivity index (χ4v) is 1.99. The van der Waals surface area contributed by atoms with Crippen LogP contribution in [0.5, 0.6) is 0 Å². The summed E-state index contributed by atoms with van der Waals surface area (Å²) in [5.74, 6) is -0.339. The first-order valence-electron chi connectivity index (χ1n) is 4.49. The van der Waals surface area contributed by atoms with Crippen LogP contribution in [0, 0.1) is 11.3 Å². The number of hydrogen-bond donors (Lipinski definition) is 2. The molecule has 1 rings (SSSR count). The van der Waals surface area contributed by atoms with E-state index in [1.54, 1.807) is 0 Å². The summed E-state index contributed by atoms with van der Waals surface area (Å²) in [5.41, 5.74) is -0.819. The Hall–Kier alpha value is -0.570. The van der Waals surface area contributed by atoms with Gasteiger partial charge in [0.25, 0.3) is 0 Å². The van der Waals surface area contributed by atoms with Gasteiger partial charge in [0.1, 0.15) is 0 Å². The second kappa shape index (κ2) is 3.44. The minimum atomic E-state index is -0.832. The molecule has 0 bridgehead atoms. The third-order valence-corrected chi connectivity index (χ3v) is 3.04. The van der Waals surface area contributed by atoms with E-state index in [-0.39, 0.29) is 6.61 Å². The fraction of sp³-hybridized carbons (Fsp3) is 0.889. The molecule has 1 saturated carbocycles. The van der Waals surface area contributed by atoms with Crippen LogP contribution in [-0.2, 0) is 4.79 Å². The maximum Gasteiger partial charge on any atom is 0.311 e. The summed E-state index contributed by atoms with van der Waals surface area (Å²) in [6.45, 7) is 1.86. The van der Waals surface area contributed by atoms with Gasteiger partial charge in [-0.05, 0) is 25.2 Å². The predicted molar refractivity (Wildman–Crippen MR) is 44.8 cm³/mol. The van der Waals surface area contributed by atoms with E-state index in [4.69, 9.17) is 10.2 Å². The minimum absolute atomic E-state index is 0.209. The lowest BCUT2D eigenvalue weighted by atomic mass is 9.86. The monoisotopic (exact) mass is 172 g/mol. The number of rotatable bonds is 3. The van der Waals surface area contributed by atoms with Gasteiger partial charge in [-0.1, -0.05) is 13.3 Å². The van der Waals surface area contributed by atoms with Gasteiger partial charge < -0.3 is 10.2 Å². The zero-order valence-electron chi connectivity index (χ0n) is 7.42. The Kier molecular flexibility index (Phi) is 2.73. The first kappa shape index (κ1) is 9.52. The summed E-state index contributed by atoms with van der Waals surface area (Å²) in [7, 11) is 0. The number of aliphatic hydroxyl groups excluding tert-OH is 1. The molecule has 0 radical (unpaired) electrons. The van der Waals surface area contributed by atoms with Gasteiger partial charge in [0.05, 0.1) is 12.0 Å². The normalized spacial score (nSPS) is 35.3. The summed E-state index contributed by atoms with van der Waals surface area (Å²) < 4.78 is 0. The zero-order chi connectivity index (χ0) is 9.19. The maximum atomic E-state index is 10.9. The topological polar surface area (TPSA) is 57.5 Å². The molecule has 2 atom stereocenters. The van der Waals surface area contributed by atoms with Crippen molar-refractivity contribution in [1.29, 1.82) is 0 Å². The van der Waals surface area contributed by atoms with E-state index in [2.05, 4.69) is 6.92 Å². The van der Waals surface area contributed by atoms with E-state index >= 15 is 0 Å². The molecule has 2 unspecified atom stereocenters. The average molecular weight is 172 g/mol. The Morgan fingerprint density at radius 2 is 2.33 bits per heavy atom. The van der Waals surface area contributed by atoms with Crippen molar-refractivity contribution in [3.63, 3.8) is 0 Å². The lowest BCUT2D eigenvalue weighted by molar-refractivity contribution is -0.151. The number of aliphatic hydroxyl groups is 1. The van der Waals surface area contributed by atoms with E-state index in [1.165, 1.54) is 0 Å². The first-order chi connectivity index (χ1) is 5.64. The molecule has 3 nitrogen and oxygen atoms in total. The molecular weight excluding hydrogens is 156 g/mol. The maximum absolute atomic E-state index is 10.9. The molecule has 3 heteroatoms. The summed E-state index contributed by atoms with van der Waals surface area (Å²) >= 11 is 0. The molecule has 0 aliphatic heterocycles. The highest BCUT2D eigenvalue weighted by atomic mass is 16.4. The molecule has 12 heavy (non-hydrogen) atoms. The quantitative estimate of drug-likeness (QED) is 0.673. The van der Waals surface area contributed by atoms with Gasteiger partial charge in [-0.3, -0.25) is 4.79 Å². The number of carbonyl (C=O) groups is 1. The molecule has 70 valence electrons. The van der Waals surface area contributed by atoms with Crippen molar-refractivity contribution >= 4 is 5.97 Å². The molecule has 1 fully saturated rings. The second-order valence-electron chi connectivity index (χ2n) is 3.76. The van der Waals surface area contributed by atoms with Gasteiger partial charge in [-0.2, -0.15) is 0 Å². The van der Waals surface area contributed by atoms with Gasteiger partial charge in [0.15, 0.2) is 0 Å². The van der Waals surface area contributed by atoms with Gasteiger partial charge in [0, 0.05) is 0 Å². The number of aliphatic carboxylic acids is 1. The molecule has 0 amide bonds. The Labute approximate surface area is 72.4 Å². The summed E-state index contributed by atoms with van der Waals surface area (Å²) in [5, 5.41) is 17.9. The smallest absolute Gasteiger partial charge is 0.311 e. The number of carboxylic acid groups (broad SMARTS) is 1. The molecule has 0 heterocycles. The average Bonchev–Trinajstić information content (AvgIpc) is 2.48. The Balaban J connectivity index is 2.66. The van der Waals surface area contributed by atoms with Crippen LogP contribution in [0.2, 0.25) is 0 Å². The molecule has 1 aliphatic rings. The molecule has 0 saturated heterocycles. The van der Waals surface area contributed by atoms with Crippen molar-refractivity contribution < 1.29 is 15.0 Å². The highest BCUT2D eigenvalue weighted by molar-refractivity contribution is 5.75. The summed E-state index contributed by atoms with van der Waals surface area (Å²) in [4.78, 5) is 10.9. The van der Waals surface area contributed by atoms with Crippen LogP contribution in [0.3, 0.4) is 0 Å². The highest BCUT2D eigenvalue weighted by Crippen LogP contribution is 2.42. The molecule has 0 aromatic heterocycles. The van der Waals surface area contributed by atoms with E-state index in [0.717, 1.165) is 12.8 Å². The first-order valence-corrected chi connectivity index (χ1v) is 4.49. The SMILES string of the molecule is CCC1CCC(CO)(C(=O)O)C1. The molecular formula is C9H16O3. The number of carboxylic acids is 1. The largest absolute Gasteiger partial charge is 0.481 e.